The van der Waals surface area contributed by atoms with Crippen LogP contribution in [-0.4, -0.2) is 21.9 Å². The third-order valence-electron chi connectivity index (χ3n) is 3.76. The van der Waals surface area contributed by atoms with E-state index < -0.39 is 0 Å². The van der Waals surface area contributed by atoms with Crippen molar-refractivity contribution in [1.29, 1.82) is 0 Å². The largest absolute Gasteiger partial charge is 0.325 e. The standard InChI is InChI=1S/C20H18FN3OS/c1-2-14-6-8-15(9-7-14)18-10-11-20(24-23-18)26-13-19(25)22-17-5-3-4-16(21)12-17/h3-12H,2,13H2,1H3,(H,22,25). The SMILES string of the molecule is CCc1ccc(-c2ccc(SCC(=O)Nc3cccc(F)c3)nn2)cc1. The maximum atomic E-state index is 13.1. The molecular formula is C20H18FN3OS. The lowest BCUT2D eigenvalue weighted by Gasteiger charge is -2.05. The van der Waals surface area contributed by atoms with Gasteiger partial charge in [-0.25, -0.2) is 4.39 Å². The molecule has 1 aromatic heterocycles. The number of nitrogens with zero attached hydrogens (tertiary/aromatic N) is 2. The Kier molecular flexibility index (Phi) is 5.96. The summed E-state index contributed by atoms with van der Waals surface area (Å²) in [5.74, 6) is -0.430. The first kappa shape index (κ1) is 18.1. The van der Waals surface area contributed by atoms with Crippen LogP contribution >= 0.6 is 11.8 Å². The van der Waals surface area contributed by atoms with E-state index >= 15 is 0 Å². The summed E-state index contributed by atoms with van der Waals surface area (Å²) in [6.45, 7) is 2.12. The van der Waals surface area contributed by atoms with Crippen molar-refractivity contribution in [2.24, 2.45) is 0 Å². The summed E-state index contributed by atoms with van der Waals surface area (Å²) in [4.78, 5) is 11.9. The van der Waals surface area contributed by atoms with Crippen LogP contribution in [0.25, 0.3) is 11.3 Å². The molecule has 0 atom stereocenters. The summed E-state index contributed by atoms with van der Waals surface area (Å²) < 4.78 is 13.1. The van der Waals surface area contributed by atoms with Crippen LogP contribution in [0.5, 0.6) is 0 Å². The molecule has 1 heterocycles. The number of hydrogen-bond acceptors (Lipinski definition) is 4. The summed E-state index contributed by atoms with van der Waals surface area (Å²) >= 11 is 1.28. The number of carbonyl (C=O) groups excluding carboxylic acids is 1. The molecule has 0 radical (unpaired) electrons. The number of rotatable bonds is 6. The topological polar surface area (TPSA) is 54.9 Å². The van der Waals surface area contributed by atoms with Crippen LogP contribution in [0.2, 0.25) is 0 Å². The molecule has 0 aliphatic heterocycles. The average molecular weight is 367 g/mol. The van der Waals surface area contributed by atoms with Crippen LogP contribution < -0.4 is 5.32 Å². The molecule has 0 bridgehead atoms. The van der Waals surface area contributed by atoms with Gasteiger partial charge in [-0.15, -0.1) is 10.2 Å². The molecule has 0 aliphatic carbocycles. The van der Waals surface area contributed by atoms with Crippen molar-refractivity contribution in [3.05, 3.63) is 72.0 Å². The number of anilines is 1. The van der Waals surface area contributed by atoms with Crippen LogP contribution in [0.3, 0.4) is 0 Å². The van der Waals surface area contributed by atoms with Crippen molar-refractivity contribution < 1.29 is 9.18 Å². The molecule has 6 heteroatoms. The fraction of sp³-hybridized carbons (Fsp3) is 0.150. The summed E-state index contributed by atoms with van der Waals surface area (Å²) in [5, 5.41) is 11.7. The minimum Gasteiger partial charge on any atom is -0.325 e. The Morgan fingerprint density at radius 2 is 1.88 bits per heavy atom. The van der Waals surface area contributed by atoms with Crippen LogP contribution in [-0.2, 0) is 11.2 Å². The van der Waals surface area contributed by atoms with E-state index in [0.29, 0.717) is 10.7 Å². The van der Waals surface area contributed by atoms with Gasteiger partial charge in [-0.05, 0) is 42.3 Å². The molecular weight excluding hydrogens is 349 g/mol. The molecule has 132 valence electrons. The van der Waals surface area contributed by atoms with Gasteiger partial charge in [0.25, 0.3) is 0 Å². The minimum atomic E-state index is -0.385. The quantitative estimate of drug-likeness (QED) is 0.648. The van der Waals surface area contributed by atoms with Crippen molar-refractivity contribution in [1.82, 2.24) is 10.2 Å². The van der Waals surface area contributed by atoms with Crippen molar-refractivity contribution in [2.45, 2.75) is 18.4 Å². The van der Waals surface area contributed by atoms with Gasteiger partial charge in [0.05, 0.1) is 11.4 Å². The highest BCUT2D eigenvalue weighted by Crippen LogP contribution is 2.21. The monoisotopic (exact) mass is 367 g/mol. The second kappa shape index (κ2) is 8.58. The molecule has 3 rings (SSSR count). The zero-order valence-corrected chi connectivity index (χ0v) is 15.1. The predicted molar refractivity (Wildman–Crippen MR) is 103 cm³/mol. The van der Waals surface area contributed by atoms with Crippen molar-refractivity contribution in [3.63, 3.8) is 0 Å². The molecule has 2 aromatic carbocycles. The molecule has 26 heavy (non-hydrogen) atoms. The zero-order chi connectivity index (χ0) is 18.4. The predicted octanol–water partition coefficient (Wildman–Crippen LogP) is 4.58. The van der Waals surface area contributed by atoms with E-state index in [1.807, 2.05) is 24.3 Å². The molecule has 0 aliphatic rings. The summed E-state index contributed by atoms with van der Waals surface area (Å²) in [5.41, 5.74) is 3.52. The molecule has 1 amide bonds. The third kappa shape index (κ3) is 4.89. The lowest BCUT2D eigenvalue weighted by Crippen LogP contribution is -2.14. The Bertz CT molecular complexity index is 882. The summed E-state index contributed by atoms with van der Waals surface area (Å²) in [6.07, 6.45) is 0.999. The van der Waals surface area contributed by atoms with E-state index in [9.17, 15) is 9.18 Å². The second-order valence-electron chi connectivity index (χ2n) is 5.65. The van der Waals surface area contributed by atoms with Crippen molar-refractivity contribution in [2.75, 3.05) is 11.1 Å². The fourth-order valence-corrected chi connectivity index (χ4v) is 2.98. The summed E-state index contributed by atoms with van der Waals surface area (Å²) in [6, 6.07) is 17.8. The number of carbonyl (C=O) groups is 1. The van der Waals surface area contributed by atoms with Gasteiger partial charge < -0.3 is 5.32 Å². The van der Waals surface area contributed by atoms with E-state index in [4.69, 9.17) is 0 Å². The molecule has 4 nitrogen and oxygen atoms in total. The number of thioether (sulfide) groups is 1. The average Bonchev–Trinajstić information content (AvgIpc) is 2.67. The molecule has 1 N–H and O–H groups in total. The number of amides is 1. The van der Waals surface area contributed by atoms with Gasteiger partial charge in [-0.2, -0.15) is 0 Å². The molecule has 3 aromatic rings. The maximum Gasteiger partial charge on any atom is 0.234 e. The van der Waals surface area contributed by atoms with E-state index in [1.165, 1.54) is 29.5 Å². The number of hydrogen-bond donors (Lipinski definition) is 1. The Hall–Kier alpha value is -2.73. The highest BCUT2D eigenvalue weighted by molar-refractivity contribution is 7.99. The number of aryl methyl sites for hydroxylation is 1. The van der Waals surface area contributed by atoms with Crippen molar-refractivity contribution >= 4 is 23.4 Å². The third-order valence-corrected chi connectivity index (χ3v) is 4.68. The molecule has 0 fully saturated rings. The highest BCUT2D eigenvalue weighted by Gasteiger charge is 2.07. The van der Waals surface area contributed by atoms with Gasteiger partial charge >= 0.3 is 0 Å². The van der Waals surface area contributed by atoms with Crippen LogP contribution in [0.4, 0.5) is 10.1 Å². The highest BCUT2D eigenvalue weighted by atomic mass is 32.2. The lowest BCUT2D eigenvalue weighted by molar-refractivity contribution is -0.113. The van der Waals surface area contributed by atoms with Crippen LogP contribution in [0, 0.1) is 5.82 Å². The summed E-state index contributed by atoms with van der Waals surface area (Å²) in [7, 11) is 0. The Labute approximate surface area is 155 Å². The molecule has 0 saturated carbocycles. The molecule has 0 spiro atoms. The number of benzene rings is 2. The number of aromatic nitrogens is 2. The van der Waals surface area contributed by atoms with Gasteiger partial charge in [0.15, 0.2) is 0 Å². The number of nitrogens with one attached hydrogen (secondary N) is 1. The van der Waals surface area contributed by atoms with Gasteiger partial charge in [0.2, 0.25) is 5.91 Å². The lowest BCUT2D eigenvalue weighted by atomic mass is 10.1. The molecule has 0 unspecified atom stereocenters. The minimum absolute atomic E-state index is 0.176. The van der Waals surface area contributed by atoms with E-state index in [-0.39, 0.29) is 17.5 Å². The zero-order valence-electron chi connectivity index (χ0n) is 14.3. The van der Waals surface area contributed by atoms with Crippen LogP contribution in [0.1, 0.15) is 12.5 Å². The van der Waals surface area contributed by atoms with E-state index in [0.717, 1.165) is 17.7 Å². The first-order valence-electron chi connectivity index (χ1n) is 8.25. The first-order chi connectivity index (χ1) is 12.6. The van der Waals surface area contributed by atoms with Gasteiger partial charge in [0, 0.05) is 11.3 Å². The Morgan fingerprint density at radius 1 is 1.08 bits per heavy atom. The van der Waals surface area contributed by atoms with Crippen LogP contribution in [0.15, 0.2) is 65.7 Å². The van der Waals surface area contributed by atoms with Gasteiger partial charge in [-0.1, -0.05) is 49.0 Å². The second-order valence-corrected chi connectivity index (χ2v) is 6.65. The number of halogens is 1. The van der Waals surface area contributed by atoms with Crippen molar-refractivity contribution in [3.8, 4) is 11.3 Å². The van der Waals surface area contributed by atoms with E-state index in [2.05, 4.69) is 34.6 Å². The first-order valence-corrected chi connectivity index (χ1v) is 9.24. The van der Waals surface area contributed by atoms with Gasteiger partial charge in [-0.3, -0.25) is 4.79 Å². The Morgan fingerprint density at radius 3 is 2.54 bits per heavy atom. The smallest absolute Gasteiger partial charge is 0.234 e. The fourth-order valence-electron chi connectivity index (χ4n) is 2.36. The molecule has 0 saturated heterocycles. The maximum absolute atomic E-state index is 13.1. The van der Waals surface area contributed by atoms with Gasteiger partial charge in [0.1, 0.15) is 10.8 Å². The normalized spacial score (nSPS) is 10.5. The Balaban J connectivity index is 1.56. The van der Waals surface area contributed by atoms with E-state index in [1.54, 1.807) is 12.1 Å².